The summed E-state index contributed by atoms with van der Waals surface area (Å²) in [5.41, 5.74) is 3.10. The number of likely N-dealkylation sites (N-methyl/N-ethyl adjacent to an activating group) is 1. The van der Waals surface area contributed by atoms with E-state index < -0.39 is 0 Å². The molecule has 2 heterocycles. The van der Waals surface area contributed by atoms with Gasteiger partial charge < -0.3 is 5.11 Å². The van der Waals surface area contributed by atoms with E-state index in [-0.39, 0.29) is 5.88 Å². The largest absolute Gasteiger partial charge is 0.493 e. The molecular weight excluding hydrogens is 348 g/mol. The number of aromatic nitrogens is 3. The van der Waals surface area contributed by atoms with Crippen LogP contribution >= 0.6 is 11.6 Å². The van der Waals surface area contributed by atoms with Gasteiger partial charge in [-0.1, -0.05) is 29.8 Å². The van der Waals surface area contributed by atoms with Crippen LogP contribution < -0.4 is 0 Å². The van der Waals surface area contributed by atoms with Gasteiger partial charge in [0.05, 0.1) is 5.69 Å². The Labute approximate surface area is 157 Å². The van der Waals surface area contributed by atoms with E-state index in [0.717, 1.165) is 42.1 Å². The van der Waals surface area contributed by atoms with Gasteiger partial charge in [0.2, 0.25) is 5.88 Å². The van der Waals surface area contributed by atoms with E-state index in [1.165, 1.54) is 5.56 Å². The predicted molar refractivity (Wildman–Crippen MR) is 102 cm³/mol. The van der Waals surface area contributed by atoms with Gasteiger partial charge in [-0.05, 0) is 56.1 Å². The zero-order valence-electron chi connectivity index (χ0n) is 14.6. The smallest absolute Gasteiger partial charge is 0.219 e. The number of hydrogen-bond acceptors (Lipinski definition) is 4. The standard InChI is InChI=1S/C20H21ClN4O/c1-24(13-14-5-4-6-15(21)11-14)16-8-9-18-17(12-16)20(26)25(23-18)19-7-2-3-10-22-19/h2-7,10-11,16,26H,8-9,12-13H2,1H3. The Morgan fingerprint density at radius 2 is 2.15 bits per heavy atom. The maximum Gasteiger partial charge on any atom is 0.219 e. The molecule has 0 radical (unpaired) electrons. The molecule has 6 heteroatoms. The van der Waals surface area contributed by atoms with Gasteiger partial charge in [-0.2, -0.15) is 9.78 Å². The lowest BCUT2D eigenvalue weighted by atomic mass is 9.92. The van der Waals surface area contributed by atoms with Crippen molar-refractivity contribution >= 4 is 11.6 Å². The third-order valence-electron chi connectivity index (χ3n) is 5.00. The second-order valence-corrected chi connectivity index (χ2v) is 7.23. The Balaban J connectivity index is 1.53. The summed E-state index contributed by atoms with van der Waals surface area (Å²) < 4.78 is 1.55. The Kier molecular flexibility index (Phi) is 4.66. The molecule has 1 aliphatic carbocycles. The van der Waals surface area contributed by atoms with E-state index in [0.29, 0.717) is 11.9 Å². The lowest BCUT2D eigenvalue weighted by molar-refractivity contribution is 0.212. The number of halogens is 1. The van der Waals surface area contributed by atoms with Gasteiger partial charge in [-0.25, -0.2) is 4.98 Å². The van der Waals surface area contributed by atoms with Crippen molar-refractivity contribution in [2.45, 2.75) is 31.8 Å². The highest BCUT2D eigenvalue weighted by Gasteiger charge is 2.28. The summed E-state index contributed by atoms with van der Waals surface area (Å²) in [6, 6.07) is 13.9. The minimum absolute atomic E-state index is 0.208. The SMILES string of the molecule is CN(Cc1cccc(Cl)c1)C1CCc2nn(-c3ccccn3)c(O)c2C1. The van der Waals surface area contributed by atoms with Crippen molar-refractivity contribution in [2.24, 2.45) is 0 Å². The zero-order valence-corrected chi connectivity index (χ0v) is 15.4. The Hall–Kier alpha value is -2.37. The fraction of sp³-hybridized carbons (Fsp3) is 0.300. The molecule has 134 valence electrons. The van der Waals surface area contributed by atoms with E-state index in [1.54, 1.807) is 10.9 Å². The van der Waals surface area contributed by atoms with E-state index in [9.17, 15) is 5.11 Å². The van der Waals surface area contributed by atoms with Crippen molar-refractivity contribution in [3.8, 4) is 11.7 Å². The molecule has 4 rings (SSSR count). The van der Waals surface area contributed by atoms with Crippen molar-refractivity contribution in [1.82, 2.24) is 19.7 Å². The minimum Gasteiger partial charge on any atom is -0.493 e. The third kappa shape index (κ3) is 3.32. The van der Waals surface area contributed by atoms with Crippen LogP contribution in [0.4, 0.5) is 0 Å². The third-order valence-corrected chi connectivity index (χ3v) is 5.24. The first kappa shape index (κ1) is 17.1. The molecule has 1 aliphatic rings. The number of pyridine rings is 1. The summed E-state index contributed by atoms with van der Waals surface area (Å²) in [5.74, 6) is 0.850. The number of benzene rings is 1. The van der Waals surface area contributed by atoms with Crippen LogP contribution in [0.5, 0.6) is 5.88 Å². The number of hydrogen-bond donors (Lipinski definition) is 1. The second kappa shape index (κ2) is 7.09. The van der Waals surface area contributed by atoms with Crippen LogP contribution in [0.15, 0.2) is 48.7 Å². The van der Waals surface area contributed by atoms with Crippen molar-refractivity contribution in [2.75, 3.05) is 7.05 Å². The lowest BCUT2D eigenvalue weighted by Crippen LogP contribution is -2.35. The van der Waals surface area contributed by atoms with Gasteiger partial charge >= 0.3 is 0 Å². The average molecular weight is 369 g/mol. The quantitative estimate of drug-likeness (QED) is 0.764. The van der Waals surface area contributed by atoms with Gasteiger partial charge in [0.1, 0.15) is 0 Å². The van der Waals surface area contributed by atoms with Gasteiger partial charge in [0.25, 0.3) is 0 Å². The molecule has 1 N–H and O–H groups in total. The fourth-order valence-electron chi connectivity index (χ4n) is 3.60. The van der Waals surface area contributed by atoms with Crippen LogP contribution in [-0.2, 0) is 19.4 Å². The van der Waals surface area contributed by atoms with E-state index in [2.05, 4.69) is 28.1 Å². The molecule has 0 amide bonds. The maximum absolute atomic E-state index is 10.7. The van der Waals surface area contributed by atoms with Gasteiger partial charge in [0, 0.05) is 29.4 Å². The van der Waals surface area contributed by atoms with E-state index in [4.69, 9.17) is 11.6 Å². The van der Waals surface area contributed by atoms with Gasteiger partial charge in [-0.15, -0.1) is 0 Å². The Bertz CT molecular complexity index is 909. The first-order valence-electron chi connectivity index (χ1n) is 8.77. The molecule has 0 aliphatic heterocycles. The first-order chi connectivity index (χ1) is 12.6. The Morgan fingerprint density at radius 3 is 2.92 bits per heavy atom. The van der Waals surface area contributed by atoms with Crippen LogP contribution in [-0.4, -0.2) is 37.9 Å². The number of rotatable bonds is 4. The van der Waals surface area contributed by atoms with Crippen LogP contribution in [0.25, 0.3) is 5.82 Å². The Morgan fingerprint density at radius 1 is 1.27 bits per heavy atom. The molecule has 3 aromatic rings. The first-order valence-corrected chi connectivity index (χ1v) is 9.15. The molecule has 5 nitrogen and oxygen atoms in total. The molecule has 26 heavy (non-hydrogen) atoms. The average Bonchev–Trinajstić information content (AvgIpc) is 2.99. The van der Waals surface area contributed by atoms with Crippen LogP contribution in [0.2, 0.25) is 5.02 Å². The van der Waals surface area contributed by atoms with E-state index in [1.807, 2.05) is 36.4 Å². The minimum atomic E-state index is 0.208. The van der Waals surface area contributed by atoms with Crippen molar-refractivity contribution in [3.05, 3.63) is 70.5 Å². The summed E-state index contributed by atoms with van der Waals surface area (Å²) in [6.07, 6.45) is 4.36. The highest BCUT2D eigenvalue weighted by Crippen LogP contribution is 2.32. The number of aryl methyl sites for hydroxylation is 1. The number of nitrogens with zero attached hydrogens (tertiary/aromatic N) is 4. The van der Waals surface area contributed by atoms with Gasteiger partial charge in [-0.3, -0.25) is 4.90 Å². The summed E-state index contributed by atoms with van der Waals surface area (Å²) in [4.78, 5) is 6.61. The summed E-state index contributed by atoms with van der Waals surface area (Å²) in [7, 11) is 2.12. The molecule has 1 unspecified atom stereocenters. The predicted octanol–water partition coefficient (Wildman–Crippen LogP) is 3.62. The molecular formula is C20H21ClN4O. The molecule has 0 spiro atoms. The van der Waals surface area contributed by atoms with Crippen molar-refractivity contribution < 1.29 is 5.11 Å². The molecule has 0 bridgehead atoms. The fourth-order valence-corrected chi connectivity index (χ4v) is 3.82. The van der Waals surface area contributed by atoms with Crippen LogP contribution in [0.3, 0.4) is 0 Å². The molecule has 1 atom stereocenters. The highest BCUT2D eigenvalue weighted by molar-refractivity contribution is 6.30. The normalized spacial score (nSPS) is 16.7. The molecule has 1 aromatic carbocycles. The topological polar surface area (TPSA) is 54.2 Å². The lowest BCUT2D eigenvalue weighted by Gasteiger charge is -2.30. The molecule has 0 saturated carbocycles. The summed E-state index contributed by atoms with van der Waals surface area (Å²) in [6.45, 7) is 0.829. The van der Waals surface area contributed by atoms with Crippen LogP contribution in [0, 0.1) is 0 Å². The van der Waals surface area contributed by atoms with E-state index >= 15 is 0 Å². The highest BCUT2D eigenvalue weighted by atomic mass is 35.5. The van der Waals surface area contributed by atoms with Crippen molar-refractivity contribution in [3.63, 3.8) is 0 Å². The molecule has 2 aromatic heterocycles. The monoisotopic (exact) mass is 368 g/mol. The second-order valence-electron chi connectivity index (χ2n) is 6.79. The zero-order chi connectivity index (χ0) is 18.1. The van der Waals surface area contributed by atoms with Crippen molar-refractivity contribution in [1.29, 1.82) is 0 Å². The maximum atomic E-state index is 10.7. The molecule has 0 saturated heterocycles. The number of fused-ring (bicyclic) bond motifs is 1. The number of aromatic hydroxyl groups is 1. The van der Waals surface area contributed by atoms with Gasteiger partial charge in [0.15, 0.2) is 5.82 Å². The molecule has 0 fully saturated rings. The van der Waals surface area contributed by atoms with Crippen LogP contribution in [0.1, 0.15) is 23.2 Å². The summed E-state index contributed by atoms with van der Waals surface area (Å²) >= 11 is 6.09. The summed E-state index contributed by atoms with van der Waals surface area (Å²) in [5, 5.41) is 16.0.